The van der Waals surface area contributed by atoms with Crippen molar-refractivity contribution in [3.63, 3.8) is 0 Å². The lowest BCUT2D eigenvalue weighted by Crippen LogP contribution is -2.41. The van der Waals surface area contributed by atoms with Gasteiger partial charge >= 0.3 is 5.97 Å². The second-order valence-electron chi connectivity index (χ2n) is 7.20. The lowest BCUT2D eigenvalue weighted by atomic mass is 10.1. The van der Waals surface area contributed by atoms with E-state index in [2.05, 4.69) is 15.3 Å². The number of rotatable bonds is 5. The average Bonchev–Trinajstić information content (AvgIpc) is 2.79. The zero-order valence-corrected chi connectivity index (χ0v) is 17.6. The summed E-state index contributed by atoms with van der Waals surface area (Å²) in [6, 6.07) is 10.8. The topological polar surface area (TPSA) is 93.7 Å². The molecule has 1 N–H and O–H groups in total. The molecule has 8 heteroatoms. The minimum atomic E-state index is -0.396. The molecule has 0 unspecified atom stereocenters. The molecule has 2 aromatic heterocycles. The molecule has 1 aliphatic rings. The zero-order valence-electron chi connectivity index (χ0n) is 17.6. The van der Waals surface area contributed by atoms with Crippen LogP contribution in [0.4, 0.5) is 11.4 Å². The van der Waals surface area contributed by atoms with Gasteiger partial charge in [0, 0.05) is 36.1 Å². The normalized spacial score (nSPS) is 13.8. The number of pyridine rings is 2. The van der Waals surface area contributed by atoms with Crippen LogP contribution in [0.1, 0.15) is 33.3 Å². The van der Waals surface area contributed by atoms with Gasteiger partial charge in [-0.3, -0.25) is 4.79 Å². The fourth-order valence-electron chi connectivity index (χ4n) is 3.49. The van der Waals surface area contributed by atoms with Gasteiger partial charge in [-0.2, -0.15) is 0 Å². The summed E-state index contributed by atoms with van der Waals surface area (Å²) in [6.45, 7) is 6.04. The SMILES string of the molecule is CCOC(=O)c1cccc(Nc2c(C(=O)N3CCOCC3)cnc3nc(C)ccc23)c1. The van der Waals surface area contributed by atoms with Crippen molar-refractivity contribution in [2.45, 2.75) is 13.8 Å². The number of anilines is 2. The highest BCUT2D eigenvalue weighted by Gasteiger charge is 2.23. The van der Waals surface area contributed by atoms with Crippen molar-refractivity contribution in [3.05, 3.63) is 59.4 Å². The van der Waals surface area contributed by atoms with Gasteiger partial charge in [0.2, 0.25) is 0 Å². The van der Waals surface area contributed by atoms with Crippen LogP contribution in [0.2, 0.25) is 0 Å². The number of aryl methyl sites for hydroxylation is 1. The number of carbonyl (C=O) groups excluding carboxylic acids is 2. The molecule has 1 aliphatic heterocycles. The van der Waals surface area contributed by atoms with Crippen LogP contribution in [0.5, 0.6) is 0 Å². The molecule has 0 saturated carbocycles. The van der Waals surface area contributed by atoms with E-state index in [0.717, 1.165) is 11.1 Å². The Balaban J connectivity index is 1.76. The number of esters is 1. The number of amides is 1. The molecule has 3 heterocycles. The van der Waals surface area contributed by atoms with E-state index in [1.54, 1.807) is 36.2 Å². The molecular formula is C23H24N4O4. The van der Waals surface area contributed by atoms with Crippen LogP contribution in [0.3, 0.4) is 0 Å². The minimum absolute atomic E-state index is 0.123. The van der Waals surface area contributed by atoms with Gasteiger partial charge in [-0.15, -0.1) is 0 Å². The Hall–Kier alpha value is -3.52. The molecule has 1 saturated heterocycles. The molecule has 4 rings (SSSR count). The van der Waals surface area contributed by atoms with E-state index in [0.29, 0.717) is 61.1 Å². The van der Waals surface area contributed by atoms with Crippen molar-refractivity contribution in [2.24, 2.45) is 0 Å². The number of benzene rings is 1. The summed E-state index contributed by atoms with van der Waals surface area (Å²) in [5, 5.41) is 4.05. The predicted molar refractivity (Wildman–Crippen MR) is 117 cm³/mol. The number of nitrogens with zero attached hydrogens (tertiary/aromatic N) is 3. The summed E-state index contributed by atoms with van der Waals surface area (Å²) < 4.78 is 10.5. The van der Waals surface area contributed by atoms with Crippen molar-refractivity contribution >= 4 is 34.3 Å². The van der Waals surface area contributed by atoms with Crippen LogP contribution in [0.15, 0.2) is 42.6 Å². The monoisotopic (exact) mass is 420 g/mol. The third-order valence-corrected chi connectivity index (χ3v) is 5.04. The minimum Gasteiger partial charge on any atom is -0.462 e. The molecular weight excluding hydrogens is 396 g/mol. The molecule has 1 aromatic carbocycles. The Morgan fingerprint density at radius 1 is 1.19 bits per heavy atom. The molecule has 3 aromatic rings. The van der Waals surface area contributed by atoms with E-state index >= 15 is 0 Å². The van der Waals surface area contributed by atoms with Crippen LogP contribution in [-0.2, 0) is 9.47 Å². The van der Waals surface area contributed by atoms with E-state index in [-0.39, 0.29) is 5.91 Å². The van der Waals surface area contributed by atoms with Crippen molar-refractivity contribution in [1.82, 2.24) is 14.9 Å². The molecule has 160 valence electrons. The lowest BCUT2D eigenvalue weighted by Gasteiger charge is -2.27. The largest absolute Gasteiger partial charge is 0.462 e. The third kappa shape index (κ3) is 4.49. The van der Waals surface area contributed by atoms with Crippen molar-refractivity contribution in [3.8, 4) is 0 Å². The zero-order chi connectivity index (χ0) is 21.8. The first-order valence-electron chi connectivity index (χ1n) is 10.2. The molecule has 31 heavy (non-hydrogen) atoms. The summed E-state index contributed by atoms with van der Waals surface area (Å²) in [4.78, 5) is 36.1. The first kappa shape index (κ1) is 20.7. The molecule has 0 radical (unpaired) electrons. The van der Waals surface area contributed by atoms with Gasteiger partial charge in [0.25, 0.3) is 5.91 Å². The van der Waals surface area contributed by atoms with E-state index in [9.17, 15) is 9.59 Å². The number of hydrogen-bond acceptors (Lipinski definition) is 7. The summed E-state index contributed by atoms with van der Waals surface area (Å²) in [6.07, 6.45) is 1.56. The summed E-state index contributed by atoms with van der Waals surface area (Å²) in [5.74, 6) is -0.519. The van der Waals surface area contributed by atoms with Crippen molar-refractivity contribution in [1.29, 1.82) is 0 Å². The Bertz CT molecular complexity index is 1130. The number of nitrogens with one attached hydrogen (secondary N) is 1. The maximum atomic E-state index is 13.3. The fourth-order valence-corrected chi connectivity index (χ4v) is 3.49. The third-order valence-electron chi connectivity index (χ3n) is 5.04. The summed E-state index contributed by atoms with van der Waals surface area (Å²) in [7, 11) is 0. The second-order valence-corrected chi connectivity index (χ2v) is 7.20. The van der Waals surface area contributed by atoms with Crippen LogP contribution >= 0.6 is 0 Å². The number of fused-ring (bicyclic) bond motifs is 1. The molecule has 1 fully saturated rings. The van der Waals surface area contributed by atoms with Crippen LogP contribution in [-0.4, -0.2) is 59.7 Å². The van der Waals surface area contributed by atoms with Crippen molar-refractivity contribution in [2.75, 3.05) is 38.2 Å². The summed E-state index contributed by atoms with van der Waals surface area (Å²) >= 11 is 0. The molecule has 0 bridgehead atoms. The van der Waals surface area contributed by atoms with E-state index < -0.39 is 5.97 Å². The van der Waals surface area contributed by atoms with E-state index in [1.807, 2.05) is 25.1 Å². The van der Waals surface area contributed by atoms with E-state index in [4.69, 9.17) is 9.47 Å². The van der Waals surface area contributed by atoms with Gasteiger partial charge in [0.15, 0.2) is 5.65 Å². The number of hydrogen-bond donors (Lipinski definition) is 1. The predicted octanol–water partition coefficient (Wildman–Crippen LogP) is 3.33. The van der Waals surface area contributed by atoms with Crippen LogP contribution in [0.25, 0.3) is 11.0 Å². The molecule has 0 atom stereocenters. The van der Waals surface area contributed by atoms with Gasteiger partial charge in [0.05, 0.1) is 36.6 Å². The average molecular weight is 420 g/mol. The van der Waals surface area contributed by atoms with Crippen LogP contribution < -0.4 is 5.32 Å². The quantitative estimate of drug-likeness (QED) is 0.633. The Morgan fingerprint density at radius 2 is 2.00 bits per heavy atom. The highest BCUT2D eigenvalue weighted by Crippen LogP contribution is 2.30. The fraction of sp³-hybridized carbons (Fsp3) is 0.304. The molecule has 1 amide bonds. The maximum absolute atomic E-state index is 13.3. The maximum Gasteiger partial charge on any atom is 0.338 e. The first-order valence-corrected chi connectivity index (χ1v) is 10.2. The van der Waals surface area contributed by atoms with E-state index in [1.165, 1.54) is 0 Å². The van der Waals surface area contributed by atoms with Crippen molar-refractivity contribution < 1.29 is 19.1 Å². The highest BCUT2D eigenvalue weighted by molar-refractivity contribution is 6.07. The summed E-state index contributed by atoms with van der Waals surface area (Å²) in [5.41, 5.74) is 3.52. The highest BCUT2D eigenvalue weighted by atomic mass is 16.5. The molecule has 0 aliphatic carbocycles. The van der Waals surface area contributed by atoms with Gasteiger partial charge in [0.1, 0.15) is 0 Å². The Labute approximate surface area is 180 Å². The first-order chi connectivity index (χ1) is 15.1. The number of morpholine rings is 1. The van der Waals surface area contributed by atoms with Gasteiger partial charge < -0.3 is 19.7 Å². The molecule has 8 nitrogen and oxygen atoms in total. The Kier molecular flexibility index (Phi) is 6.08. The Morgan fingerprint density at radius 3 is 2.77 bits per heavy atom. The smallest absolute Gasteiger partial charge is 0.338 e. The van der Waals surface area contributed by atoms with Gasteiger partial charge in [-0.25, -0.2) is 14.8 Å². The second kappa shape index (κ2) is 9.09. The molecule has 0 spiro atoms. The lowest BCUT2D eigenvalue weighted by molar-refractivity contribution is 0.0303. The standard InChI is InChI=1S/C23H24N4O4/c1-3-31-23(29)16-5-4-6-17(13-16)26-20-18-8-7-15(2)25-21(18)24-14-19(20)22(28)27-9-11-30-12-10-27/h4-8,13-14H,3,9-12H2,1-2H3,(H,24,25,26). The van der Waals surface area contributed by atoms with Gasteiger partial charge in [-0.05, 0) is 44.2 Å². The number of ether oxygens (including phenoxy) is 2. The van der Waals surface area contributed by atoms with Crippen LogP contribution in [0, 0.1) is 6.92 Å². The number of carbonyl (C=O) groups is 2. The van der Waals surface area contributed by atoms with Gasteiger partial charge in [-0.1, -0.05) is 6.07 Å². The number of aromatic nitrogens is 2.